The molecule has 0 fully saturated rings. The zero-order valence-corrected chi connectivity index (χ0v) is 18.7. The van der Waals surface area contributed by atoms with Gasteiger partial charge in [-0.1, -0.05) is 25.5 Å². The first kappa shape index (κ1) is 23.3. The molecule has 0 bridgehead atoms. The third kappa shape index (κ3) is 7.83. The van der Waals surface area contributed by atoms with Crippen molar-refractivity contribution in [1.82, 2.24) is 10.6 Å². The van der Waals surface area contributed by atoms with E-state index < -0.39 is 0 Å². The van der Waals surface area contributed by atoms with E-state index in [0.29, 0.717) is 29.2 Å². The van der Waals surface area contributed by atoms with E-state index in [-0.39, 0.29) is 22.5 Å². The van der Waals surface area contributed by atoms with Gasteiger partial charge in [0.25, 0.3) is 11.8 Å². The van der Waals surface area contributed by atoms with E-state index in [1.54, 1.807) is 42.5 Å². The van der Waals surface area contributed by atoms with Gasteiger partial charge >= 0.3 is 0 Å². The van der Waals surface area contributed by atoms with Gasteiger partial charge in [0.15, 0.2) is 5.11 Å². The Balaban J connectivity index is 1.97. The average molecular weight is 428 g/mol. The zero-order chi connectivity index (χ0) is 22.1. The lowest BCUT2D eigenvalue weighted by Crippen LogP contribution is -2.40. The summed E-state index contributed by atoms with van der Waals surface area (Å²) in [6.45, 7) is 8.46. The van der Waals surface area contributed by atoms with E-state index in [1.165, 1.54) is 0 Å². The van der Waals surface area contributed by atoms with Crippen molar-refractivity contribution in [3.8, 4) is 5.75 Å². The van der Waals surface area contributed by atoms with Crippen molar-refractivity contribution in [1.29, 1.82) is 0 Å². The summed E-state index contributed by atoms with van der Waals surface area (Å²) in [6.07, 6.45) is 2.00. The Hall–Kier alpha value is -2.93. The van der Waals surface area contributed by atoms with Crippen LogP contribution >= 0.6 is 12.2 Å². The number of amides is 2. The van der Waals surface area contributed by atoms with Gasteiger partial charge in [-0.15, -0.1) is 0 Å². The van der Waals surface area contributed by atoms with Crippen LogP contribution in [-0.2, 0) is 0 Å². The molecule has 30 heavy (non-hydrogen) atoms. The minimum absolute atomic E-state index is 0.144. The first-order chi connectivity index (χ1) is 14.2. The number of carbonyl (C=O) groups is 2. The summed E-state index contributed by atoms with van der Waals surface area (Å²) < 4.78 is 5.64. The first-order valence-corrected chi connectivity index (χ1v) is 10.4. The molecule has 2 aromatic rings. The molecule has 0 heterocycles. The number of benzene rings is 2. The summed E-state index contributed by atoms with van der Waals surface area (Å²) in [4.78, 5) is 24.8. The minimum Gasteiger partial charge on any atom is -0.494 e. The second kappa shape index (κ2) is 10.7. The maximum absolute atomic E-state index is 12.5. The highest BCUT2D eigenvalue weighted by Gasteiger charge is 2.16. The Morgan fingerprint density at radius 1 is 1.00 bits per heavy atom. The fraction of sp³-hybridized carbons (Fsp3) is 0.348. The molecule has 7 heteroatoms. The molecular formula is C23H29N3O3S. The normalized spacial score (nSPS) is 10.8. The molecule has 0 aliphatic rings. The lowest BCUT2D eigenvalue weighted by atomic mass is 10.1. The zero-order valence-electron chi connectivity index (χ0n) is 17.9. The highest BCUT2D eigenvalue weighted by Crippen LogP contribution is 2.15. The van der Waals surface area contributed by atoms with Gasteiger partial charge in [-0.25, -0.2) is 0 Å². The topological polar surface area (TPSA) is 79.5 Å². The van der Waals surface area contributed by atoms with Crippen molar-refractivity contribution < 1.29 is 14.3 Å². The van der Waals surface area contributed by atoms with Crippen LogP contribution in [0.1, 0.15) is 61.3 Å². The van der Waals surface area contributed by atoms with Crippen molar-refractivity contribution in [2.24, 2.45) is 0 Å². The minimum atomic E-state index is -0.338. The van der Waals surface area contributed by atoms with Gasteiger partial charge < -0.3 is 15.4 Å². The molecule has 0 aromatic heterocycles. The smallest absolute Gasteiger partial charge is 0.257 e. The van der Waals surface area contributed by atoms with Crippen molar-refractivity contribution in [2.45, 2.75) is 46.1 Å². The van der Waals surface area contributed by atoms with Gasteiger partial charge in [0, 0.05) is 22.4 Å². The molecule has 160 valence electrons. The third-order valence-electron chi connectivity index (χ3n) is 3.96. The number of anilines is 1. The second-order valence-corrected chi connectivity index (χ2v) is 8.33. The molecule has 0 aliphatic carbocycles. The molecule has 2 rings (SSSR count). The van der Waals surface area contributed by atoms with Crippen molar-refractivity contribution in [3.05, 3.63) is 59.7 Å². The molecule has 6 nitrogen and oxygen atoms in total. The van der Waals surface area contributed by atoms with Gasteiger partial charge in [-0.05, 0) is 75.8 Å². The molecule has 0 saturated carbocycles. The predicted octanol–water partition coefficient (Wildman–Crippen LogP) is 4.52. The highest BCUT2D eigenvalue weighted by molar-refractivity contribution is 7.80. The summed E-state index contributed by atoms with van der Waals surface area (Å²) in [5, 5.41) is 8.65. The molecule has 0 aliphatic heterocycles. The largest absolute Gasteiger partial charge is 0.494 e. The summed E-state index contributed by atoms with van der Waals surface area (Å²) in [5.41, 5.74) is 1.23. The number of hydrogen-bond donors (Lipinski definition) is 3. The average Bonchev–Trinajstić information content (AvgIpc) is 2.67. The Kier molecular flexibility index (Phi) is 8.35. The Morgan fingerprint density at radius 3 is 2.33 bits per heavy atom. The van der Waals surface area contributed by atoms with Crippen LogP contribution in [0.4, 0.5) is 5.69 Å². The summed E-state index contributed by atoms with van der Waals surface area (Å²) >= 11 is 5.25. The number of unbranched alkanes of at least 4 members (excludes halogenated alkanes) is 1. The van der Waals surface area contributed by atoms with Crippen LogP contribution < -0.4 is 20.7 Å². The van der Waals surface area contributed by atoms with Gasteiger partial charge in [0.2, 0.25) is 0 Å². The number of thiocarbonyl (C=S) groups is 1. The molecule has 2 aromatic carbocycles. The van der Waals surface area contributed by atoms with Crippen LogP contribution in [0.3, 0.4) is 0 Å². The molecule has 0 spiro atoms. The number of ether oxygens (including phenoxy) is 1. The Morgan fingerprint density at radius 2 is 1.67 bits per heavy atom. The standard InChI is InChI=1S/C23H29N3O3S/c1-5-6-13-29-19-12-8-10-17(15-19)20(27)25-22(30)24-18-11-7-9-16(14-18)21(28)26-23(2,3)4/h7-12,14-15H,5-6,13H2,1-4H3,(H,26,28)(H2,24,25,27,30). The number of rotatable bonds is 7. The maximum atomic E-state index is 12.5. The predicted molar refractivity (Wildman–Crippen MR) is 124 cm³/mol. The van der Waals surface area contributed by atoms with Crippen LogP contribution in [0.2, 0.25) is 0 Å². The number of hydrogen-bond acceptors (Lipinski definition) is 4. The lowest BCUT2D eigenvalue weighted by molar-refractivity contribution is 0.0918. The van der Waals surface area contributed by atoms with Gasteiger partial charge in [-0.2, -0.15) is 0 Å². The molecule has 3 N–H and O–H groups in total. The Labute approximate surface area is 183 Å². The SMILES string of the molecule is CCCCOc1cccc(C(=O)NC(=S)Nc2cccc(C(=O)NC(C)(C)C)c2)c1. The van der Waals surface area contributed by atoms with E-state index in [1.807, 2.05) is 26.8 Å². The van der Waals surface area contributed by atoms with Crippen molar-refractivity contribution in [2.75, 3.05) is 11.9 Å². The fourth-order valence-electron chi connectivity index (χ4n) is 2.55. The van der Waals surface area contributed by atoms with E-state index in [9.17, 15) is 9.59 Å². The van der Waals surface area contributed by atoms with Gasteiger partial charge in [0.1, 0.15) is 5.75 Å². The Bertz CT molecular complexity index is 907. The number of carbonyl (C=O) groups excluding carboxylic acids is 2. The molecule has 0 atom stereocenters. The molecule has 0 saturated heterocycles. The van der Waals surface area contributed by atoms with E-state index >= 15 is 0 Å². The van der Waals surface area contributed by atoms with E-state index in [0.717, 1.165) is 12.8 Å². The van der Waals surface area contributed by atoms with Crippen LogP contribution in [0.15, 0.2) is 48.5 Å². The highest BCUT2D eigenvalue weighted by atomic mass is 32.1. The summed E-state index contributed by atoms with van der Waals surface area (Å²) in [6, 6.07) is 13.9. The van der Waals surface area contributed by atoms with Gasteiger partial charge in [0.05, 0.1) is 6.61 Å². The summed E-state index contributed by atoms with van der Waals surface area (Å²) in [7, 11) is 0. The second-order valence-electron chi connectivity index (χ2n) is 7.92. The van der Waals surface area contributed by atoms with Crippen LogP contribution in [0.5, 0.6) is 5.75 Å². The molecular weight excluding hydrogens is 398 g/mol. The first-order valence-electron chi connectivity index (χ1n) is 9.96. The van der Waals surface area contributed by atoms with Crippen LogP contribution in [0.25, 0.3) is 0 Å². The van der Waals surface area contributed by atoms with Crippen molar-refractivity contribution >= 4 is 34.8 Å². The molecule has 0 radical (unpaired) electrons. The lowest BCUT2D eigenvalue weighted by Gasteiger charge is -2.20. The molecule has 2 amide bonds. The van der Waals surface area contributed by atoms with Crippen molar-refractivity contribution in [3.63, 3.8) is 0 Å². The summed E-state index contributed by atoms with van der Waals surface area (Å²) in [5.74, 6) is 0.128. The molecule has 0 unspecified atom stereocenters. The van der Waals surface area contributed by atoms with Crippen LogP contribution in [0, 0.1) is 0 Å². The fourth-order valence-corrected chi connectivity index (χ4v) is 2.76. The van der Waals surface area contributed by atoms with Gasteiger partial charge in [-0.3, -0.25) is 14.9 Å². The number of nitrogens with one attached hydrogen (secondary N) is 3. The maximum Gasteiger partial charge on any atom is 0.257 e. The van der Waals surface area contributed by atoms with E-state index in [4.69, 9.17) is 17.0 Å². The third-order valence-corrected chi connectivity index (χ3v) is 4.17. The quantitative estimate of drug-likeness (QED) is 0.447. The van der Waals surface area contributed by atoms with Crippen LogP contribution in [-0.4, -0.2) is 29.1 Å². The monoisotopic (exact) mass is 427 g/mol. The van der Waals surface area contributed by atoms with E-state index in [2.05, 4.69) is 22.9 Å².